The number of fused-ring (bicyclic) bond motifs is 1. The van der Waals surface area contributed by atoms with Crippen molar-refractivity contribution in [2.45, 2.75) is 13.5 Å². The van der Waals surface area contributed by atoms with E-state index in [1.165, 1.54) is 0 Å². The predicted molar refractivity (Wildman–Crippen MR) is 59.9 cm³/mol. The maximum Gasteiger partial charge on any atom is 0.136 e. The van der Waals surface area contributed by atoms with Gasteiger partial charge >= 0.3 is 0 Å². The number of aryl methyl sites for hydroxylation is 1. The summed E-state index contributed by atoms with van der Waals surface area (Å²) in [5.74, 6) is 0. The smallest absolute Gasteiger partial charge is 0.136 e. The van der Waals surface area contributed by atoms with Crippen LogP contribution in [0.15, 0.2) is 37.1 Å². The molecule has 0 atom stereocenters. The van der Waals surface area contributed by atoms with Gasteiger partial charge in [0.2, 0.25) is 0 Å². The third-order valence-corrected chi connectivity index (χ3v) is 2.56. The summed E-state index contributed by atoms with van der Waals surface area (Å²) in [6.45, 7) is 3.04. The van der Waals surface area contributed by atoms with Crippen LogP contribution in [-0.2, 0) is 6.54 Å². The molecule has 3 aromatic rings. The number of imidazole rings is 1. The molecular weight excluding hydrogens is 202 g/mol. The minimum atomic E-state index is 0.800. The molecule has 0 amide bonds. The Bertz CT molecular complexity index is 608. The molecule has 5 nitrogen and oxygen atoms in total. The van der Waals surface area contributed by atoms with Crippen LogP contribution in [0, 0.1) is 0 Å². The molecular formula is C11H11N5. The number of aromatic nitrogens is 5. The first kappa shape index (κ1) is 9.08. The summed E-state index contributed by atoms with van der Waals surface area (Å²) in [7, 11) is 0. The van der Waals surface area contributed by atoms with E-state index in [9.17, 15) is 0 Å². The first-order valence-corrected chi connectivity index (χ1v) is 5.19. The van der Waals surface area contributed by atoms with E-state index in [2.05, 4.69) is 26.6 Å². The third-order valence-electron chi connectivity index (χ3n) is 2.56. The molecule has 3 aromatic heterocycles. The minimum absolute atomic E-state index is 0.800. The van der Waals surface area contributed by atoms with E-state index >= 15 is 0 Å². The lowest BCUT2D eigenvalue weighted by atomic mass is 10.3. The van der Waals surface area contributed by atoms with Gasteiger partial charge < -0.3 is 4.57 Å². The van der Waals surface area contributed by atoms with E-state index < -0.39 is 0 Å². The monoisotopic (exact) mass is 213 g/mol. The zero-order valence-electron chi connectivity index (χ0n) is 8.91. The van der Waals surface area contributed by atoms with E-state index in [1.807, 2.05) is 23.0 Å². The fourth-order valence-electron chi connectivity index (χ4n) is 1.75. The third kappa shape index (κ3) is 1.29. The molecule has 80 valence electrons. The molecule has 0 aromatic carbocycles. The van der Waals surface area contributed by atoms with Crippen molar-refractivity contribution in [1.82, 2.24) is 24.1 Å². The molecule has 0 saturated carbocycles. The topological polar surface area (TPSA) is 48.0 Å². The van der Waals surface area contributed by atoms with Gasteiger partial charge in [-0.05, 0) is 6.92 Å². The van der Waals surface area contributed by atoms with Gasteiger partial charge in [0.1, 0.15) is 17.0 Å². The van der Waals surface area contributed by atoms with Crippen molar-refractivity contribution in [3.63, 3.8) is 0 Å². The Kier molecular flexibility index (Phi) is 1.96. The lowest BCUT2D eigenvalue weighted by molar-refractivity contribution is 0.789. The molecule has 0 N–H and O–H groups in total. The molecule has 0 fully saturated rings. The van der Waals surface area contributed by atoms with E-state index in [0.29, 0.717) is 0 Å². The Balaban J connectivity index is 2.16. The van der Waals surface area contributed by atoms with Crippen molar-refractivity contribution in [3.8, 4) is 11.4 Å². The van der Waals surface area contributed by atoms with E-state index in [1.54, 1.807) is 18.6 Å². The van der Waals surface area contributed by atoms with Crippen molar-refractivity contribution >= 4 is 5.65 Å². The normalized spacial score (nSPS) is 11.1. The Morgan fingerprint density at radius 3 is 2.88 bits per heavy atom. The molecule has 0 aliphatic carbocycles. The summed E-state index contributed by atoms with van der Waals surface area (Å²) in [5, 5.41) is 4.44. The second kappa shape index (κ2) is 3.44. The van der Waals surface area contributed by atoms with Crippen LogP contribution in [0.4, 0.5) is 0 Å². The van der Waals surface area contributed by atoms with Crippen molar-refractivity contribution in [3.05, 3.63) is 37.1 Å². The van der Waals surface area contributed by atoms with Crippen molar-refractivity contribution < 1.29 is 0 Å². The molecule has 3 heterocycles. The van der Waals surface area contributed by atoms with Gasteiger partial charge in [0, 0.05) is 37.4 Å². The predicted octanol–water partition coefficient (Wildman–Crippen LogP) is 1.61. The second-order valence-corrected chi connectivity index (χ2v) is 3.51. The van der Waals surface area contributed by atoms with Gasteiger partial charge in [-0.1, -0.05) is 0 Å². The highest BCUT2D eigenvalue weighted by Crippen LogP contribution is 2.16. The van der Waals surface area contributed by atoms with E-state index in [0.717, 1.165) is 23.6 Å². The van der Waals surface area contributed by atoms with Gasteiger partial charge in [0.25, 0.3) is 0 Å². The molecule has 16 heavy (non-hydrogen) atoms. The number of rotatable bonds is 2. The van der Waals surface area contributed by atoms with Gasteiger partial charge in [0.05, 0.1) is 6.20 Å². The van der Waals surface area contributed by atoms with Crippen LogP contribution in [0.3, 0.4) is 0 Å². The van der Waals surface area contributed by atoms with Gasteiger partial charge in [-0.15, -0.1) is 0 Å². The zero-order chi connectivity index (χ0) is 11.0. The van der Waals surface area contributed by atoms with E-state index in [4.69, 9.17) is 0 Å². The Morgan fingerprint density at radius 2 is 2.12 bits per heavy atom. The van der Waals surface area contributed by atoms with E-state index in [-0.39, 0.29) is 0 Å². The maximum atomic E-state index is 4.44. The largest absolute Gasteiger partial charge is 0.332 e. The summed E-state index contributed by atoms with van der Waals surface area (Å²) >= 11 is 0. The fourth-order valence-corrected chi connectivity index (χ4v) is 1.75. The SMILES string of the molecule is CCn1ccn2nc(-c3cnccn3)cc12. The Morgan fingerprint density at radius 1 is 1.19 bits per heavy atom. The van der Waals surface area contributed by atoms with Crippen LogP contribution >= 0.6 is 0 Å². The summed E-state index contributed by atoms with van der Waals surface area (Å²) in [5.41, 5.74) is 2.72. The van der Waals surface area contributed by atoms with Gasteiger partial charge in [-0.3, -0.25) is 9.97 Å². The molecule has 0 radical (unpaired) electrons. The molecule has 0 unspecified atom stereocenters. The highest BCUT2D eigenvalue weighted by atomic mass is 15.3. The highest BCUT2D eigenvalue weighted by Gasteiger charge is 2.07. The molecule has 0 saturated heterocycles. The molecule has 0 spiro atoms. The molecule has 0 bridgehead atoms. The van der Waals surface area contributed by atoms with Crippen LogP contribution in [0.25, 0.3) is 17.0 Å². The molecule has 5 heteroatoms. The number of hydrogen-bond donors (Lipinski definition) is 0. The summed E-state index contributed by atoms with van der Waals surface area (Å²) in [6.07, 6.45) is 9.01. The zero-order valence-corrected chi connectivity index (χ0v) is 8.91. The minimum Gasteiger partial charge on any atom is -0.332 e. The van der Waals surface area contributed by atoms with Crippen LogP contribution in [0.5, 0.6) is 0 Å². The van der Waals surface area contributed by atoms with Gasteiger partial charge in [0.15, 0.2) is 0 Å². The highest BCUT2D eigenvalue weighted by molar-refractivity contribution is 5.59. The number of hydrogen-bond acceptors (Lipinski definition) is 3. The summed E-state index contributed by atoms with van der Waals surface area (Å²) in [6, 6.07) is 2.02. The standard InChI is InChI=1S/C11H11N5/c1-2-15-5-6-16-11(15)7-9(14-16)10-8-12-3-4-13-10/h3-8H,2H2,1H3. The average Bonchev–Trinajstić information content (AvgIpc) is 2.89. The average molecular weight is 213 g/mol. The fraction of sp³-hybridized carbons (Fsp3) is 0.182. The Hall–Kier alpha value is -2.17. The molecule has 0 aliphatic rings. The van der Waals surface area contributed by atoms with Crippen LogP contribution in [0.1, 0.15) is 6.92 Å². The van der Waals surface area contributed by atoms with Gasteiger partial charge in [-0.25, -0.2) is 4.52 Å². The maximum absolute atomic E-state index is 4.44. The molecule has 0 aliphatic heterocycles. The first-order chi connectivity index (χ1) is 7.88. The molecule has 3 rings (SSSR count). The summed E-state index contributed by atoms with van der Waals surface area (Å²) < 4.78 is 3.99. The van der Waals surface area contributed by atoms with Crippen LogP contribution in [-0.4, -0.2) is 24.1 Å². The van der Waals surface area contributed by atoms with Crippen LogP contribution in [0.2, 0.25) is 0 Å². The lowest BCUT2D eigenvalue weighted by Gasteiger charge is -1.94. The van der Waals surface area contributed by atoms with Gasteiger partial charge in [-0.2, -0.15) is 5.10 Å². The first-order valence-electron chi connectivity index (χ1n) is 5.19. The second-order valence-electron chi connectivity index (χ2n) is 3.51. The quantitative estimate of drug-likeness (QED) is 0.649. The Labute approximate surface area is 92.4 Å². The van der Waals surface area contributed by atoms with Crippen molar-refractivity contribution in [2.75, 3.05) is 0 Å². The van der Waals surface area contributed by atoms with Crippen LogP contribution < -0.4 is 0 Å². The van der Waals surface area contributed by atoms with Crippen molar-refractivity contribution in [2.24, 2.45) is 0 Å². The lowest BCUT2D eigenvalue weighted by Crippen LogP contribution is -1.90. The van der Waals surface area contributed by atoms with Crippen molar-refractivity contribution in [1.29, 1.82) is 0 Å². The summed E-state index contributed by atoms with van der Waals surface area (Å²) in [4.78, 5) is 8.27. The number of nitrogens with zero attached hydrogens (tertiary/aromatic N) is 5.